The second-order valence-electron chi connectivity index (χ2n) is 4.13. The third-order valence-corrected chi connectivity index (χ3v) is 4.18. The van der Waals surface area contributed by atoms with Crippen LogP contribution in [0.1, 0.15) is 15.9 Å². The van der Waals surface area contributed by atoms with Gasteiger partial charge in [0, 0.05) is 11.4 Å². The normalized spacial score (nSPS) is 10.3. The van der Waals surface area contributed by atoms with Crippen molar-refractivity contribution >= 4 is 40.9 Å². The first-order valence-corrected chi connectivity index (χ1v) is 7.95. The summed E-state index contributed by atoms with van der Waals surface area (Å²) < 4.78 is 0. The molecule has 0 aliphatic carbocycles. The molecule has 0 heterocycles. The summed E-state index contributed by atoms with van der Waals surface area (Å²) in [5.41, 5.74) is 1.34. The van der Waals surface area contributed by atoms with E-state index in [-0.39, 0.29) is 5.91 Å². The van der Waals surface area contributed by atoms with Crippen LogP contribution in [0.5, 0.6) is 0 Å². The van der Waals surface area contributed by atoms with Gasteiger partial charge in [0.15, 0.2) is 0 Å². The van der Waals surface area contributed by atoms with E-state index in [9.17, 15) is 4.79 Å². The van der Waals surface area contributed by atoms with Crippen molar-refractivity contribution in [2.45, 2.75) is 11.4 Å². The molecule has 0 atom stereocenters. The summed E-state index contributed by atoms with van der Waals surface area (Å²) in [6.45, 7) is 0.440. The number of hydrogen-bond donors (Lipinski definition) is 1. The Bertz CT molecular complexity index is 594. The maximum Gasteiger partial charge on any atom is 0.254 e. The summed E-state index contributed by atoms with van der Waals surface area (Å²) in [6.07, 6.45) is 2.02. The largest absolute Gasteiger partial charge is 0.348 e. The summed E-state index contributed by atoms with van der Waals surface area (Å²) in [5, 5.41) is 3.53. The summed E-state index contributed by atoms with van der Waals surface area (Å²) in [4.78, 5) is 13.3. The predicted molar refractivity (Wildman–Crippen MR) is 85.9 cm³/mol. The topological polar surface area (TPSA) is 29.1 Å². The molecule has 0 aromatic heterocycles. The third kappa shape index (κ3) is 3.69. The van der Waals surface area contributed by atoms with E-state index in [2.05, 4.69) is 5.32 Å². The molecule has 1 N–H and O–H groups in total. The van der Waals surface area contributed by atoms with Gasteiger partial charge in [0.25, 0.3) is 5.91 Å². The number of amides is 1. The average Bonchev–Trinajstić information content (AvgIpc) is 2.45. The molecule has 0 radical (unpaired) electrons. The molecule has 0 fully saturated rings. The number of carbonyl (C=O) groups excluding carboxylic acids is 1. The van der Waals surface area contributed by atoms with Crippen LogP contribution in [0, 0.1) is 0 Å². The molecule has 0 saturated heterocycles. The van der Waals surface area contributed by atoms with Crippen molar-refractivity contribution in [1.29, 1.82) is 0 Å². The monoisotopic (exact) mass is 325 g/mol. The molecule has 2 aromatic rings. The SMILES string of the molecule is CSc1ccc(CNC(=O)c2c(Cl)cccc2Cl)cc1. The molecule has 0 unspecified atom stereocenters. The lowest BCUT2D eigenvalue weighted by molar-refractivity contribution is 0.0951. The molecule has 0 aliphatic heterocycles. The highest BCUT2D eigenvalue weighted by Crippen LogP contribution is 2.24. The number of carbonyl (C=O) groups is 1. The molecule has 0 saturated carbocycles. The Labute approximate surface area is 132 Å². The smallest absolute Gasteiger partial charge is 0.254 e. The second kappa shape index (κ2) is 7.02. The summed E-state index contributed by atoms with van der Waals surface area (Å²) in [7, 11) is 0. The first-order chi connectivity index (χ1) is 9.61. The van der Waals surface area contributed by atoms with Crippen molar-refractivity contribution in [3.8, 4) is 0 Å². The Balaban J connectivity index is 2.05. The zero-order valence-electron chi connectivity index (χ0n) is 10.8. The molecule has 0 spiro atoms. The number of halogens is 2. The van der Waals surface area contributed by atoms with Gasteiger partial charge in [0.05, 0.1) is 15.6 Å². The van der Waals surface area contributed by atoms with Gasteiger partial charge in [0.1, 0.15) is 0 Å². The lowest BCUT2D eigenvalue weighted by Crippen LogP contribution is -2.23. The molecule has 1 amide bonds. The number of nitrogens with one attached hydrogen (secondary N) is 1. The van der Waals surface area contributed by atoms with Crippen molar-refractivity contribution in [1.82, 2.24) is 5.32 Å². The van der Waals surface area contributed by atoms with Gasteiger partial charge in [-0.25, -0.2) is 0 Å². The van der Waals surface area contributed by atoms with Gasteiger partial charge >= 0.3 is 0 Å². The van der Waals surface area contributed by atoms with Crippen LogP contribution < -0.4 is 5.32 Å². The van der Waals surface area contributed by atoms with Gasteiger partial charge < -0.3 is 5.32 Å². The standard InChI is InChI=1S/C15H13Cl2NOS/c1-20-11-7-5-10(6-8-11)9-18-15(19)14-12(16)3-2-4-13(14)17/h2-8H,9H2,1H3,(H,18,19). The van der Waals surface area contributed by atoms with E-state index in [1.54, 1.807) is 30.0 Å². The van der Waals surface area contributed by atoms with Gasteiger partial charge in [-0.1, -0.05) is 41.4 Å². The van der Waals surface area contributed by atoms with Crippen molar-refractivity contribution in [2.75, 3.05) is 6.26 Å². The highest BCUT2D eigenvalue weighted by molar-refractivity contribution is 7.98. The first-order valence-electron chi connectivity index (χ1n) is 5.97. The van der Waals surface area contributed by atoms with Crippen LogP contribution in [-0.4, -0.2) is 12.2 Å². The van der Waals surface area contributed by atoms with Crippen molar-refractivity contribution in [2.24, 2.45) is 0 Å². The highest BCUT2D eigenvalue weighted by Gasteiger charge is 2.13. The molecule has 2 aromatic carbocycles. The quantitative estimate of drug-likeness (QED) is 0.829. The van der Waals surface area contributed by atoms with Gasteiger partial charge in [-0.05, 0) is 36.1 Å². The van der Waals surface area contributed by atoms with E-state index in [4.69, 9.17) is 23.2 Å². The summed E-state index contributed by atoms with van der Waals surface area (Å²) in [5.74, 6) is -0.269. The second-order valence-corrected chi connectivity index (χ2v) is 5.82. The Morgan fingerprint density at radius 1 is 1.10 bits per heavy atom. The minimum Gasteiger partial charge on any atom is -0.348 e. The Morgan fingerprint density at radius 3 is 2.25 bits per heavy atom. The van der Waals surface area contributed by atoms with Crippen molar-refractivity contribution in [3.05, 3.63) is 63.6 Å². The van der Waals surface area contributed by atoms with Gasteiger partial charge in [0.2, 0.25) is 0 Å². The first kappa shape index (κ1) is 15.2. The Morgan fingerprint density at radius 2 is 1.70 bits per heavy atom. The third-order valence-electron chi connectivity index (χ3n) is 2.80. The molecule has 20 heavy (non-hydrogen) atoms. The number of benzene rings is 2. The highest BCUT2D eigenvalue weighted by atomic mass is 35.5. The zero-order valence-corrected chi connectivity index (χ0v) is 13.1. The summed E-state index contributed by atoms with van der Waals surface area (Å²) >= 11 is 13.7. The number of thioether (sulfide) groups is 1. The fourth-order valence-electron chi connectivity index (χ4n) is 1.73. The van der Waals surface area contributed by atoms with Gasteiger partial charge in [-0.3, -0.25) is 4.79 Å². The zero-order chi connectivity index (χ0) is 14.5. The van der Waals surface area contributed by atoms with E-state index in [1.165, 1.54) is 4.90 Å². The lowest BCUT2D eigenvalue weighted by atomic mass is 10.2. The van der Waals surface area contributed by atoms with E-state index < -0.39 is 0 Å². The van der Waals surface area contributed by atoms with Crippen LogP contribution in [0.3, 0.4) is 0 Å². The van der Waals surface area contributed by atoms with Gasteiger partial charge in [-0.2, -0.15) is 0 Å². The van der Waals surface area contributed by atoms with Crippen LogP contribution in [-0.2, 0) is 6.54 Å². The minimum absolute atomic E-state index is 0.269. The van der Waals surface area contributed by atoms with E-state index in [1.807, 2.05) is 30.5 Å². The molecule has 0 aliphatic rings. The van der Waals surface area contributed by atoms with Crippen molar-refractivity contribution in [3.63, 3.8) is 0 Å². The van der Waals surface area contributed by atoms with Crippen LogP contribution in [0.25, 0.3) is 0 Å². The number of rotatable bonds is 4. The van der Waals surface area contributed by atoms with Crippen LogP contribution >= 0.6 is 35.0 Å². The Hall–Kier alpha value is -1.16. The van der Waals surface area contributed by atoms with E-state index in [0.717, 1.165) is 5.56 Å². The number of hydrogen-bond acceptors (Lipinski definition) is 2. The fourth-order valence-corrected chi connectivity index (χ4v) is 2.71. The molecular weight excluding hydrogens is 313 g/mol. The van der Waals surface area contributed by atoms with Crippen LogP contribution in [0.4, 0.5) is 0 Å². The van der Waals surface area contributed by atoms with Crippen LogP contribution in [0.15, 0.2) is 47.4 Å². The average molecular weight is 326 g/mol. The minimum atomic E-state index is -0.269. The van der Waals surface area contributed by atoms with Gasteiger partial charge in [-0.15, -0.1) is 11.8 Å². The molecule has 2 rings (SSSR count). The van der Waals surface area contributed by atoms with Crippen LogP contribution in [0.2, 0.25) is 10.0 Å². The molecule has 5 heteroatoms. The fraction of sp³-hybridized carbons (Fsp3) is 0.133. The summed E-state index contributed by atoms with van der Waals surface area (Å²) in [6, 6.07) is 13.0. The van der Waals surface area contributed by atoms with E-state index >= 15 is 0 Å². The lowest BCUT2D eigenvalue weighted by Gasteiger charge is -2.08. The van der Waals surface area contributed by atoms with Crippen molar-refractivity contribution < 1.29 is 4.79 Å². The molecule has 104 valence electrons. The maximum absolute atomic E-state index is 12.1. The molecular formula is C15H13Cl2NOS. The molecule has 2 nitrogen and oxygen atoms in total. The molecule has 0 bridgehead atoms. The van der Waals surface area contributed by atoms with E-state index in [0.29, 0.717) is 22.2 Å². The predicted octanol–water partition coefficient (Wildman–Crippen LogP) is 4.65. The maximum atomic E-state index is 12.1. The Kier molecular flexibility index (Phi) is 5.35.